The van der Waals surface area contributed by atoms with Crippen LogP contribution >= 0.6 is 0 Å². The maximum absolute atomic E-state index is 12.3. The first kappa shape index (κ1) is 18.2. The Morgan fingerprint density at radius 2 is 1.36 bits per heavy atom. The van der Waals surface area contributed by atoms with Crippen LogP contribution in [0.4, 0.5) is 0 Å². The maximum Gasteiger partial charge on any atom is 0.386 e. The minimum atomic E-state index is -1.15. The van der Waals surface area contributed by atoms with Crippen LogP contribution in [0.1, 0.15) is 57.4 Å². The van der Waals surface area contributed by atoms with Gasteiger partial charge in [0.05, 0.1) is 16.7 Å². The normalized spacial score (nSPS) is 10.8. The zero-order valence-electron chi connectivity index (χ0n) is 14.1. The molecule has 6 nitrogen and oxygen atoms in total. The van der Waals surface area contributed by atoms with Crippen molar-refractivity contribution in [3.63, 3.8) is 0 Å². The SMILES string of the molecule is CC(C)(C)c1c(C(=O)O)cccc1C(=O)OOC(=O)c1ccccc1. The molecule has 0 saturated carbocycles. The van der Waals surface area contributed by atoms with Crippen LogP contribution in [-0.2, 0) is 15.2 Å². The predicted octanol–water partition coefficient (Wildman–Crippen LogP) is 3.61. The molecule has 6 heteroatoms. The number of carboxylic acid groups (broad SMARTS) is 1. The van der Waals surface area contributed by atoms with Gasteiger partial charge in [-0.2, -0.15) is 0 Å². The molecule has 130 valence electrons. The van der Waals surface area contributed by atoms with E-state index >= 15 is 0 Å². The molecule has 0 amide bonds. The second-order valence-corrected chi connectivity index (χ2v) is 6.39. The van der Waals surface area contributed by atoms with Crippen LogP contribution in [0.2, 0.25) is 0 Å². The molecule has 25 heavy (non-hydrogen) atoms. The molecule has 2 aromatic carbocycles. The molecular weight excluding hydrogens is 324 g/mol. The largest absolute Gasteiger partial charge is 0.478 e. The van der Waals surface area contributed by atoms with E-state index in [0.29, 0.717) is 5.56 Å². The van der Waals surface area contributed by atoms with Gasteiger partial charge in [-0.25, -0.2) is 24.2 Å². The van der Waals surface area contributed by atoms with Crippen molar-refractivity contribution in [2.24, 2.45) is 0 Å². The number of rotatable bonds is 3. The summed E-state index contributed by atoms with van der Waals surface area (Å²) in [6.45, 7) is 5.34. The number of hydrogen-bond acceptors (Lipinski definition) is 5. The first-order chi connectivity index (χ1) is 11.7. The van der Waals surface area contributed by atoms with E-state index in [9.17, 15) is 19.5 Å². The summed E-state index contributed by atoms with van der Waals surface area (Å²) in [6.07, 6.45) is 0. The van der Waals surface area contributed by atoms with Crippen molar-refractivity contribution >= 4 is 17.9 Å². The predicted molar refractivity (Wildman–Crippen MR) is 89.4 cm³/mol. The minimum Gasteiger partial charge on any atom is -0.478 e. The van der Waals surface area contributed by atoms with E-state index in [2.05, 4.69) is 9.78 Å². The Kier molecular flexibility index (Phi) is 5.22. The fraction of sp³-hybridized carbons (Fsp3) is 0.211. The van der Waals surface area contributed by atoms with Gasteiger partial charge in [0.25, 0.3) is 0 Å². The van der Waals surface area contributed by atoms with Crippen LogP contribution in [0.3, 0.4) is 0 Å². The molecule has 0 fully saturated rings. The van der Waals surface area contributed by atoms with Crippen molar-refractivity contribution < 1.29 is 29.3 Å². The Labute approximate surface area is 144 Å². The number of carboxylic acids is 1. The molecular formula is C19H18O6. The van der Waals surface area contributed by atoms with Crippen LogP contribution in [0.25, 0.3) is 0 Å². The molecule has 0 heterocycles. The zero-order valence-corrected chi connectivity index (χ0v) is 14.1. The molecule has 0 atom stereocenters. The second-order valence-electron chi connectivity index (χ2n) is 6.39. The highest BCUT2D eigenvalue weighted by molar-refractivity contribution is 5.98. The van der Waals surface area contributed by atoms with Crippen molar-refractivity contribution in [3.05, 3.63) is 70.8 Å². The smallest absolute Gasteiger partial charge is 0.386 e. The van der Waals surface area contributed by atoms with E-state index in [1.54, 1.807) is 39.0 Å². The highest BCUT2D eigenvalue weighted by Crippen LogP contribution is 2.30. The summed E-state index contributed by atoms with van der Waals surface area (Å²) in [5.74, 6) is -2.90. The number of aromatic carboxylic acids is 1. The summed E-state index contributed by atoms with van der Waals surface area (Å²) >= 11 is 0. The highest BCUT2D eigenvalue weighted by atomic mass is 17.2. The Balaban J connectivity index is 2.26. The molecule has 0 aliphatic rings. The monoisotopic (exact) mass is 342 g/mol. The number of benzene rings is 2. The standard InChI is InChI=1S/C19H18O6/c1-19(2,3)15-13(16(20)21)10-7-11-14(15)18(23)25-24-17(22)12-8-5-4-6-9-12/h4-11H,1-3H3,(H,20,21). The molecule has 1 N–H and O–H groups in total. The molecule has 0 saturated heterocycles. The highest BCUT2D eigenvalue weighted by Gasteiger charge is 2.29. The maximum atomic E-state index is 12.3. The summed E-state index contributed by atoms with van der Waals surface area (Å²) in [6, 6.07) is 12.3. The van der Waals surface area contributed by atoms with Crippen molar-refractivity contribution in [3.8, 4) is 0 Å². The van der Waals surface area contributed by atoms with Crippen LogP contribution in [0.5, 0.6) is 0 Å². The van der Waals surface area contributed by atoms with Gasteiger partial charge in [0, 0.05) is 0 Å². The molecule has 0 aliphatic heterocycles. The van der Waals surface area contributed by atoms with Gasteiger partial charge in [0.15, 0.2) is 0 Å². The first-order valence-electron chi connectivity index (χ1n) is 7.57. The number of carbonyl (C=O) groups excluding carboxylic acids is 2. The summed E-state index contributed by atoms with van der Waals surface area (Å²) in [7, 11) is 0. The van der Waals surface area contributed by atoms with Crippen LogP contribution in [-0.4, -0.2) is 23.0 Å². The average molecular weight is 342 g/mol. The molecule has 0 unspecified atom stereocenters. The molecule has 0 radical (unpaired) electrons. The van der Waals surface area contributed by atoms with Gasteiger partial charge in [-0.05, 0) is 35.2 Å². The Bertz CT molecular complexity index is 802. The summed E-state index contributed by atoms with van der Waals surface area (Å²) < 4.78 is 0. The second kappa shape index (κ2) is 7.17. The summed E-state index contributed by atoms with van der Waals surface area (Å²) in [5, 5.41) is 9.36. The number of hydrogen-bond donors (Lipinski definition) is 1. The lowest BCUT2D eigenvalue weighted by atomic mass is 9.80. The average Bonchev–Trinajstić information content (AvgIpc) is 2.58. The Hall–Kier alpha value is -3.15. The molecule has 0 spiro atoms. The van der Waals surface area contributed by atoms with Gasteiger partial charge < -0.3 is 5.11 Å². The van der Waals surface area contributed by atoms with E-state index in [1.807, 2.05) is 0 Å². The van der Waals surface area contributed by atoms with Gasteiger partial charge in [-0.15, -0.1) is 0 Å². The minimum absolute atomic E-state index is 0.00339. The van der Waals surface area contributed by atoms with Crippen LogP contribution in [0.15, 0.2) is 48.5 Å². The molecule has 0 bridgehead atoms. The summed E-state index contributed by atoms with van der Waals surface area (Å²) in [5.41, 5.74) is -0.0641. The van der Waals surface area contributed by atoms with Gasteiger partial charge in [-0.1, -0.05) is 45.0 Å². The lowest BCUT2D eigenvalue weighted by Crippen LogP contribution is -2.23. The summed E-state index contributed by atoms with van der Waals surface area (Å²) in [4.78, 5) is 44.8. The van der Waals surface area contributed by atoms with Gasteiger partial charge >= 0.3 is 17.9 Å². The Morgan fingerprint density at radius 1 is 0.800 bits per heavy atom. The van der Waals surface area contributed by atoms with Crippen molar-refractivity contribution in [1.82, 2.24) is 0 Å². The van der Waals surface area contributed by atoms with Gasteiger partial charge in [0.1, 0.15) is 0 Å². The van der Waals surface area contributed by atoms with E-state index in [0.717, 1.165) is 0 Å². The molecule has 2 aromatic rings. The van der Waals surface area contributed by atoms with E-state index in [1.165, 1.54) is 30.3 Å². The van der Waals surface area contributed by atoms with Crippen LogP contribution < -0.4 is 0 Å². The van der Waals surface area contributed by atoms with Crippen molar-refractivity contribution in [2.45, 2.75) is 26.2 Å². The Morgan fingerprint density at radius 3 is 1.92 bits per heavy atom. The topological polar surface area (TPSA) is 89.9 Å². The first-order valence-corrected chi connectivity index (χ1v) is 7.57. The quantitative estimate of drug-likeness (QED) is 0.677. The lowest BCUT2D eigenvalue weighted by Gasteiger charge is -2.23. The van der Waals surface area contributed by atoms with Crippen molar-refractivity contribution in [2.75, 3.05) is 0 Å². The number of carbonyl (C=O) groups is 3. The van der Waals surface area contributed by atoms with Crippen molar-refractivity contribution in [1.29, 1.82) is 0 Å². The van der Waals surface area contributed by atoms with Gasteiger partial charge in [0.2, 0.25) is 0 Å². The van der Waals surface area contributed by atoms with Gasteiger partial charge in [-0.3, -0.25) is 0 Å². The van der Waals surface area contributed by atoms with Crippen LogP contribution in [0, 0.1) is 0 Å². The fourth-order valence-corrected chi connectivity index (χ4v) is 2.45. The van der Waals surface area contributed by atoms with E-state index in [-0.39, 0.29) is 16.7 Å². The fourth-order valence-electron chi connectivity index (χ4n) is 2.45. The molecule has 2 rings (SSSR count). The third-order valence-corrected chi connectivity index (χ3v) is 3.47. The zero-order chi connectivity index (χ0) is 18.6. The molecule has 0 aromatic heterocycles. The van der Waals surface area contributed by atoms with E-state index < -0.39 is 23.3 Å². The van der Waals surface area contributed by atoms with E-state index in [4.69, 9.17) is 0 Å². The molecule has 0 aliphatic carbocycles. The third kappa shape index (κ3) is 4.23. The lowest BCUT2D eigenvalue weighted by molar-refractivity contribution is -0.187. The third-order valence-electron chi connectivity index (χ3n) is 3.47.